The highest BCUT2D eigenvalue weighted by Gasteiger charge is 2.26. The predicted octanol–water partition coefficient (Wildman–Crippen LogP) is 5.92. The summed E-state index contributed by atoms with van der Waals surface area (Å²) in [6.45, 7) is 4.40. The second-order valence-corrected chi connectivity index (χ2v) is 8.07. The Morgan fingerprint density at radius 1 is 1.00 bits per heavy atom. The van der Waals surface area contributed by atoms with Crippen LogP contribution in [-0.2, 0) is 4.79 Å². The van der Waals surface area contributed by atoms with Gasteiger partial charge in [-0.25, -0.2) is 0 Å². The fourth-order valence-corrected chi connectivity index (χ4v) is 4.11. The first-order chi connectivity index (χ1) is 15.7. The molecular weight excluding hydrogens is 422 g/mol. The number of aryl methyl sites for hydroxylation is 1. The Labute approximate surface area is 191 Å². The quantitative estimate of drug-likeness (QED) is 0.340. The molecule has 3 aromatic carbocycles. The van der Waals surface area contributed by atoms with Gasteiger partial charge in [-0.3, -0.25) is 4.79 Å². The normalized spacial score (nSPS) is 11.7. The van der Waals surface area contributed by atoms with E-state index in [1.54, 1.807) is 0 Å². The number of amides is 1. The third-order valence-corrected chi connectivity index (χ3v) is 5.87. The summed E-state index contributed by atoms with van der Waals surface area (Å²) in [6, 6.07) is 24.7. The van der Waals surface area contributed by atoms with Crippen LogP contribution in [0, 0.1) is 6.92 Å². The summed E-state index contributed by atoms with van der Waals surface area (Å²) in [5, 5.41) is 11.1. The highest BCUT2D eigenvalue weighted by atomic mass is 32.2. The van der Waals surface area contributed by atoms with Gasteiger partial charge in [0.1, 0.15) is 11.0 Å². The third-order valence-electron chi connectivity index (χ3n) is 4.79. The predicted molar refractivity (Wildman–Crippen MR) is 126 cm³/mol. The van der Waals surface area contributed by atoms with Gasteiger partial charge in [-0.15, -0.1) is 10.2 Å². The first-order valence-corrected chi connectivity index (χ1v) is 11.2. The van der Waals surface area contributed by atoms with Crippen LogP contribution in [0.3, 0.4) is 0 Å². The summed E-state index contributed by atoms with van der Waals surface area (Å²) >= 11 is 1.22. The molecule has 0 spiro atoms. The molecule has 0 saturated heterocycles. The highest BCUT2D eigenvalue weighted by Crippen LogP contribution is 2.37. The molecule has 1 aromatic heterocycles. The summed E-state index contributed by atoms with van der Waals surface area (Å²) in [5.74, 6) is 0.850. The van der Waals surface area contributed by atoms with Crippen LogP contribution in [0.15, 0.2) is 88.5 Å². The van der Waals surface area contributed by atoms with E-state index in [1.807, 2.05) is 92.7 Å². The zero-order valence-electron chi connectivity index (χ0n) is 17.8. The zero-order valence-corrected chi connectivity index (χ0v) is 18.6. The monoisotopic (exact) mass is 445 g/mol. The summed E-state index contributed by atoms with van der Waals surface area (Å²) < 4.78 is 11.5. The summed E-state index contributed by atoms with van der Waals surface area (Å²) in [6.07, 6.45) is 0. The summed E-state index contributed by atoms with van der Waals surface area (Å²) in [7, 11) is 0. The molecule has 1 amide bonds. The van der Waals surface area contributed by atoms with Gasteiger partial charge in [0.15, 0.2) is 0 Å². The number of nitrogens with zero attached hydrogens (tertiary/aromatic N) is 2. The Morgan fingerprint density at radius 2 is 1.72 bits per heavy atom. The molecule has 1 N–H and O–H groups in total. The molecular formula is C25H23N3O3S. The van der Waals surface area contributed by atoms with Crippen LogP contribution in [0.2, 0.25) is 0 Å². The molecule has 6 nitrogen and oxygen atoms in total. The lowest BCUT2D eigenvalue weighted by atomic mass is 10.1. The maximum atomic E-state index is 13.3. The van der Waals surface area contributed by atoms with E-state index in [2.05, 4.69) is 15.5 Å². The van der Waals surface area contributed by atoms with Crippen molar-refractivity contribution >= 4 is 23.4 Å². The topological polar surface area (TPSA) is 77.2 Å². The van der Waals surface area contributed by atoms with E-state index in [-0.39, 0.29) is 5.91 Å². The van der Waals surface area contributed by atoms with Crippen molar-refractivity contribution in [3.8, 4) is 17.2 Å². The van der Waals surface area contributed by atoms with Crippen molar-refractivity contribution in [3.63, 3.8) is 0 Å². The molecule has 1 heterocycles. The van der Waals surface area contributed by atoms with Crippen LogP contribution in [0.4, 0.5) is 5.69 Å². The van der Waals surface area contributed by atoms with Crippen LogP contribution >= 0.6 is 11.8 Å². The van der Waals surface area contributed by atoms with E-state index in [9.17, 15) is 4.79 Å². The SMILES string of the molecule is CCOc1ccccc1NC(=O)C(Sc1nnc(-c2ccccc2C)o1)c1ccccc1. The minimum absolute atomic E-state index is 0.205. The van der Waals surface area contributed by atoms with Crippen molar-refractivity contribution in [3.05, 3.63) is 90.0 Å². The fraction of sp³-hybridized carbons (Fsp3) is 0.160. The van der Waals surface area contributed by atoms with Crippen molar-refractivity contribution in [1.29, 1.82) is 0 Å². The van der Waals surface area contributed by atoms with E-state index in [1.165, 1.54) is 11.8 Å². The first kappa shape index (κ1) is 21.6. The van der Waals surface area contributed by atoms with Gasteiger partial charge in [-0.2, -0.15) is 0 Å². The van der Waals surface area contributed by atoms with Gasteiger partial charge < -0.3 is 14.5 Å². The number of thioether (sulfide) groups is 1. The van der Waals surface area contributed by atoms with Crippen molar-refractivity contribution in [2.75, 3.05) is 11.9 Å². The number of benzene rings is 3. The molecule has 0 fully saturated rings. The van der Waals surface area contributed by atoms with Crippen LogP contribution < -0.4 is 10.1 Å². The standard InChI is InChI=1S/C25H23N3O3S/c1-3-30-21-16-10-9-15-20(21)26-23(29)22(18-12-5-4-6-13-18)32-25-28-27-24(31-25)19-14-8-7-11-17(19)2/h4-16,22H,3H2,1-2H3,(H,26,29). The van der Waals surface area contributed by atoms with Gasteiger partial charge >= 0.3 is 0 Å². The number of nitrogens with one attached hydrogen (secondary N) is 1. The highest BCUT2D eigenvalue weighted by molar-refractivity contribution is 8.00. The molecule has 7 heteroatoms. The van der Waals surface area contributed by atoms with Crippen molar-refractivity contribution in [2.45, 2.75) is 24.3 Å². The number of carbonyl (C=O) groups is 1. The Kier molecular flexibility index (Phi) is 6.87. The Bertz CT molecular complexity index is 1190. The lowest BCUT2D eigenvalue weighted by molar-refractivity contribution is -0.115. The number of hydrogen-bond acceptors (Lipinski definition) is 6. The van der Waals surface area contributed by atoms with E-state index >= 15 is 0 Å². The smallest absolute Gasteiger partial charge is 0.277 e. The maximum Gasteiger partial charge on any atom is 0.277 e. The van der Waals surface area contributed by atoms with Gasteiger partial charge in [0.05, 0.1) is 12.3 Å². The van der Waals surface area contributed by atoms with Crippen molar-refractivity contribution in [2.24, 2.45) is 0 Å². The lowest BCUT2D eigenvalue weighted by Gasteiger charge is -2.17. The molecule has 162 valence electrons. The average molecular weight is 446 g/mol. The minimum atomic E-state index is -0.587. The molecule has 0 saturated carbocycles. The Morgan fingerprint density at radius 3 is 2.50 bits per heavy atom. The summed E-state index contributed by atoms with van der Waals surface area (Å²) in [4.78, 5) is 13.3. The number of aromatic nitrogens is 2. The van der Waals surface area contributed by atoms with Crippen molar-refractivity contribution in [1.82, 2.24) is 10.2 Å². The van der Waals surface area contributed by atoms with Gasteiger partial charge in [0, 0.05) is 5.56 Å². The Hall–Kier alpha value is -3.58. The van der Waals surface area contributed by atoms with Gasteiger partial charge in [0.2, 0.25) is 11.8 Å². The van der Waals surface area contributed by atoms with Crippen LogP contribution in [-0.4, -0.2) is 22.7 Å². The second kappa shape index (κ2) is 10.2. The largest absolute Gasteiger partial charge is 0.492 e. The number of carbonyl (C=O) groups excluding carboxylic acids is 1. The number of anilines is 1. The minimum Gasteiger partial charge on any atom is -0.492 e. The molecule has 0 bridgehead atoms. The first-order valence-electron chi connectivity index (χ1n) is 10.3. The molecule has 4 rings (SSSR count). The second-order valence-electron chi connectivity index (χ2n) is 7.02. The van der Waals surface area contributed by atoms with Crippen LogP contribution in [0.25, 0.3) is 11.5 Å². The summed E-state index contributed by atoms with van der Waals surface area (Å²) in [5.41, 5.74) is 3.36. The molecule has 1 unspecified atom stereocenters. The van der Waals surface area contributed by atoms with E-state index in [0.717, 1.165) is 16.7 Å². The number of ether oxygens (including phenoxy) is 1. The lowest BCUT2D eigenvalue weighted by Crippen LogP contribution is -2.19. The van der Waals surface area contributed by atoms with Crippen molar-refractivity contribution < 1.29 is 13.9 Å². The van der Waals surface area contributed by atoms with Gasteiger partial charge in [0.25, 0.3) is 5.22 Å². The van der Waals surface area contributed by atoms with Gasteiger partial charge in [-0.1, -0.05) is 60.7 Å². The molecule has 0 aliphatic heterocycles. The van der Waals surface area contributed by atoms with Crippen LogP contribution in [0.1, 0.15) is 23.3 Å². The molecule has 0 aliphatic carbocycles. The molecule has 32 heavy (non-hydrogen) atoms. The van der Waals surface area contributed by atoms with Gasteiger partial charge in [-0.05, 0) is 54.9 Å². The molecule has 4 aromatic rings. The number of rotatable bonds is 8. The molecule has 1 atom stereocenters. The molecule has 0 radical (unpaired) electrons. The van der Waals surface area contributed by atoms with Crippen LogP contribution in [0.5, 0.6) is 5.75 Å². The van der Waals surface area contributed by atoms with E-state index < -0.39 is 5.25 Å². The van der Waals surface area contributed by atoms with E-state index in [0.29, 0.717) is 29.2 Å². The third kappa shape index (κ3) is 5.00. The average Bonchev–Trinajstić information content (AvgIpc) is 3.28. The molecule has 0 aliphatic rings. The maximum absolute atomic E-state index is 13.3. The fourth-order valence-electron chi connectivity index (χ4n) is 3.23. The zero-order chi connectivity index (χ0) is 22.3. The number of hydrogen-bond donors (Lipinski definition) is 1. The Balaban J connectivity index is 1.60. The van der Waals surface area contributed by atoms with E-state index in [4.69, 9.17) is 9.15 Å². The number of para-hydroxylation sites is 2.